The molecule has 6 heteroatoms. The molecule has 0 spiro atoms. The standard InChI is InChI=1S/C15H14ClN3O2/c1-21-14-5-2-9(16)6-13(14)19-12-4-3-10(17)7-11(12)18-15(19)8-20/h2-7,20H,8,17H2,1H3. The fourth-order valence-electron chi connectivity index (χ4n) is 2.36. The topological polar surface area (TPSA) is 73.3 Å². The molecule has 21 heavy (non-hydrogen) atoms. The zero-order valence-corrected chi connectivity index (χ0v) is 12.1. The number of nitrogen functional groups attached to an aromatic ring is 1. The molecule has 0 radical (unpaired) electrons. The van der Waals surface area contributed by atoms with Gasteiger partial charge in [0.15, 0.2) is 0 Å². The van der Waals surface area contributed by atoms with Crippen molar-refractivity contribution in [2.75, 3.05) is 12.8 Å². The van der Waals surface area contributed by atoms with Crippen molar-refractivity contribution in [1.29, 1.82) is 0 Å². The quantitative estimate of drug-likeness (QED) is 0.730. The highest BCUT2D eigenvalue weighted by molar-refractivity contribution is 6.30. The lowest BCUT2D eigenvalue weighted by molar-refractivity contribution is 0.269. The number of imidazole rings is 1. The van der Waals surface area contributed by atoms with Crippen LogP contribution >= 0.6 is 11.6 Å². The van der Waals surface area contributed by atoms with E-state index in [4.69, 9.17) is 22.1 Å². The maximum Gasteiger partial charge on any atom is 0.143 e. The fourth-order valence-corrected chi connectivity index (χ4v) is 2.53. The van der Waals surface area contributed by atoms with Crippen LogP contribution in [-0.4, -0.2) is 21.8 Å². The number of aliphatic hydroxyl groups is 1. The Kier molecular flexibility index (Phi) is 3.45. The van der Waals surface area contributed by atoms with Crippen molar-refractivity contribution in [2.24, 2.45) is 0 Å². The van der Waals surface area contributed by atoms with E-state index in [2.05, 4.69) is 4.98 Å². The number of nitrogens with zero attached hydrogens (tertiary/aromatic N) is 2. The first-order chi connectivity index (χ1) is 10.1. The predicted molar refractivity (Wildman–Crippen MR) is 83.0 cm³/mol. The van der Waals surface area contributed by atoms with Gasteiger partial charge in [0.1, 0.15) is 18.2 Å². The van der Waals surface area contributed by atoms with Crippen LogP contribution in [0.1, 0.15) is 5.82 Å². The summed E-state index contributed by atoms with van der Waals surface area (Å²) < 4.78 is 7.20. The van der Waals surface area contributed by atoms with Gasteiger partial charge in [0.25, 0.3) is 0 Å². The van der Waals surface area contributed by atoms with Crippen LogP contribution in [0.3, 0.4) is 0 Å². The van der Waals surface area contributed by atoms with Gasteiger partial charge in [-0.15, -0.1) is 0 Å². The molecule has 0 fully saturated rings. The number of methoxy groups -OCH3 is 1. The van der Waals surface area contributed by atoms with Crippen molar-refractivity contribution in [2.45, 2.75) is 6.61 Å². The average molecular weight is 304 g/mol. The smallest absolute Gasteiger partial charge is 0.143 e. The summed E-state index contributed by atoms with van der Waals surface area (Å²) in [6.07, 6.45) is 0. The molecule has 5 nitrogen and oxygen atoms in total. The number of fused-ring (bicyclic) bond motifs is 1. The molecular formula is C15H14ClN3O2. The molecule has 0 aliphatic heterocycles. The minimum absolute atomic E-state index is 0.204. The van der Waals surface area contributed by atoms with Crippen LogP contribution < -0.4 is 10.5 Å². The summed E-state index contributed by atoms with van der Waals surface area (Å²) in [4.78, 5) is 4.41. The fraction of sp³-hybridized carbons (Fsp3) is 0.133. The number of anilines is 1. The van der Waals surface area contributed by atoms with Crippen LogP contribution in [-0.2, 0) is 6.61 Å². The second kappa shape index (κ2) is 5.27. The normalized spacial score (nSPS) is 11.0. The van der Waals surface area contributed by atoms with Gasteiger partial charge in [-0.1, -0.05) is 11.6 Å². The molecule has 0 bridgehead atoms. The zero-order chi connectivity index (χ0) is 15.0. The maximum absolute atomic E-state index is 9.59. The third kappa shape index (κ3) is 2.30. The van der Waals surface area contributed by atoms with E-state index in [1.54, 1.807) is 37.4 Å². The Labute approximate surface area is 126 Å². The summed E-state index contributed by atoms with van der Waals surface area (Å²) in [5.41, 5.74) is 8.67. The minimum Gasteiger partial charge on any atom is -0.495 e. The van der Waals surface area contributed by atoms with Crippen LogP contribution in [0.15, 0.2) is 36.4 Å². The van der Waals surface area contributed by atoms with Crippen LogP contribution in [0.25, 0.3) is 16.7 Å². The van der Waals surface area contributed by atoms with Crippen LogP contribution in [0.5, 0.6) is 5.75 Å². The van der Waals surface area contributed by atoms with E-state index >= 15 is 0 Å². The molecular weight excluding hydrogens is 290 g/mol. The largest absolute Gasteiger partial charge is 0.495 e. The summed E-state index contributed by atoms with van der Waals surface area (Å²) >= 11 is 6.09. The van der Waals surface area contributed by atoms with Gasteiger partial charge in [0, 0.05) is 10.7 Å². The summed E-state index contributed by atoms with van der Waals surface area (Å²) in [6.45, 7) is -0.204. The van der Waals surface area contributed by atoms with Crippen molar-refractivity contribution in [3.05, 3.63) is 47.2 Å². The number of nitrogens with two attached hydrogens (primary N) is 1. The van der Waals surface area contributed by atoms with Crippen LogP contribution in [0.2, 0.25) is 5.02 Å². The summed E-state index contributed by atoms with van der Waals surface area (Å²) in [6, 6.07) is 10.7. The number of benzene rings is 2. The van der Waals surface area contributed by atoms with Gasteiger partial charge in [-0.05, 0) is 36.4 Å². The van der Waals surface area contributed by atoms with E-state index in [1.165, 1.54) is 0 Å². The molecule has 0 aliphatic carbocycles. The van der Waals surface area contributed by atoms with Crippen molar-refractivity contribution < 1.29 is 9.84 Å². The number of hydrogen-bond donors (Lipinski definition) is 2. The molecule has 108 valence electrons. The molecule has 0 saturated heterocycles. The summed E-state index contributed by atoms with van der Waals surface area (Å²) in [7, 11) is 1.59. The van der Waals surface area contributed by atoms with Crippen molar-refractivity contribution >= 4 is 28.3 Å². The molecule has 0 atom stereocenters. The first kappa shape index (κ1) is 13.7. The summed E-state index contributed by atoms with van der Waals surface area (Å²) in [5.74, 6) is 1.14. The monoisotopic (exact) mass is 303 g/mol. The molecule has 1 aromatic heterocycles. The minimum atomic E-state index is -0.204. The third-order valence-corrected chi connectivity index (χ3v) is 3.51. The molecule has 3 aromatic rings. The van der Waals surface area contributed by atoms with Crippen molar-refractivity contribution in [3.8, 4) is 11.4 Å². The van der Waals surface area contributed by atoms with Gasteiger partial charge in [0.05, 0.1) is 23.8 Å². The molecule has 1 heterocycles. The van der Waals surface area contributed by atoms with E-state index in [1.807, 2.05) is 10.6 Å². The lowest BCUT2D eigenvalue weighted by atomic mass is 10.2. The Morgan fingerprint density at radius 2 is 2.10 bits per heavy atom. The number of halogens is 1. The molecule has 0 aliphatic rings. The predicted octanol–water partition coefficient (Wildman–Crippen LogP) is 2.76. The number of aliphatic hydroxyl groups excluding tert-OH is 1. The zero-order valence-electron chi connectivity index (χ0n) is 11.4. The van der Waals surface area contributed by atoms with Gasteiger partial charge >= 0.3 is 0 Å². The highest BCUT2D eigenvalue weighted by Gasteiger charge is 2.15. The third-order valence-electron chi connectivity index (χ3n) is 3.27. The van der Waals surface area contributed by atoms with Crippen molar-refractivity contribution in [3.63, 3.8) is 0 Å². The van der Waals surface area contributed by atoms with E-state index < -0.39 is 0 Å². The van der Waals surface area contributed by atoms with Gasteiger partial charge < -0.3 is 15.6 Å². The molecule has 0 saturated carbocycles. The van der Waals surface area contributed by atoms with E-state index in [9.17, 15) is 5.11 Å². The van der Waals surface area contributed by atoms with Gasteiger partial charge in [0.2, 0.25) is 0 Å². The number of aromatic nitrogens is 2. The Bertz CT molecular complexity index is 814. The molecule has 2 aromatic carbocycles. The Hall–Kier alpha value is -2.24. The maximum atomic E-state index is 9.59. The second-order valence-corrected chi connectivity index (χ2v) is 5.02. The van der Waals surface area contributed by atoms with Gasteiger partial charge in [-0.3, -0.25) is 4.57 Å². The Morgan fingerprint density at radius 1 is 1.29 bits per heavy atom. The number of rotatable bonds is 3. The second-order valence-electron chi connectivity index (χ2n) is 4.59. The van der Waals surface area contributed by atoms with Crippen molar-refractivity contribution in [1.82, 2.24) is 9.55 Å². The average Bonchev–Trinajstić information content (AvgIpc) is 2.84. The SMILES string of the molecule is COc1ccc(Cl)cc1-n1c(CO)nc2cc(N)ccc21. The lowest BCUT2D eigenvalue weighted by Crippen LogP contribution is -2.03. The van der Waals surface area contributed by atoms with Gasteiger partial charge in [-0.2, -0.15) is 0 Å². The highest BCUT2D eigenvalue weighted by Crippen LogP contribution is 2.31. The summed E-state index contributed by atoms with van der Waals surface area (Å²) in [5, 5.41) is 10.2. The molecule has 0 amide bonds. The number of hydrogen-bond acceptors (Lipinski definition) is 4. The van der Waals surface area contributed by atoms with Crippen LogP contribution in [0.4, 0.5) is 5.69 Å². The van der Waals surface area contributed by atoms with E-state index in [0.717, 1.165) is 11.2 Å². The first-order valence-electron chi connectivity index (χ1n) is 6.35. The Morgan fingerprint density at radius 3 is 2.81 bits per heavy atom. The lowest BCUT2D eigenvalue weighted by Gasteiger charge is -2.13. The molecule has 3 N–H and O–H groups in total. The van der Waals surface area contributed by atoms with E-state index in [-0.39, 0.29) is 6.61 Å². The van der Waals surface area contributed by atoms with Crippen LogP contribution in [0, 0.1) is 0 Å². The molecule has 0 unspecified atom stereocenters. The van der Waals surface area contributed by atoms with Gasteiger partial charge in [-0.25, -0.2) is 4.98 Å². The first-order valence-corrected chi connectivity index (χ1v) is 6.73. The highest BCUT2D eigenvalue weighted by atomic mass is 35.5. The molecule has 3 rings (SSSR count). The number of ether oxygens (including phenoxy) is 1. The van der Waals surface area contributed by atoms with E-state index in [0.29, 0.717) is 27.8 Å². The Balaban J connectivity index is 2.36.